The molecular formula is C26H24N2O6S. The van der Waals surface area contributed by atoms with Gasteiger partial charge in [-0.1, -0.05) is 17.7 Å². The second-order valence-electron chi connectivity index (χ2n) is 7.93. The van der Waals surface area contributed by atoms with Gasteiger partial charge < -0.3 is 19.4 Å². The van der Waals surface area contributed by atoms with Gasteiger partial charge in [0.25, 0.3) is 0 Å². The molecule has 35 heavy (non-hydrogen) atoms. The molecule has 0 saturated heterocycles. The van der Waals surface area contributed by atoms with Crippen LogP contribution in [0.5, 0.6) is 11.5 Å². The lowest BCUT2D eigenvalue weighted by atomic mass is 10.1. The minimum absolute atomic E-state index is 0.0465. The molecule has 1 heterocycles. The van der Waals surface area contributed by atoms with Crippen LogP contribution in [0.2, 0.25) is 0 Å². The van der Waals surface area contributed by atoms with Crippen LogP contribution in [0.25, 0.3) is 10.9 Å². The number of pyridine rings is 1. The maximum Gasteiger partial charge on any atom is 0.244 e. The third kappa shape index (κ3) is 4.90. The van der Waals surface area contributed by atoms with Crippen LogP contribution in [-0.2, 0) is 21.2 Å². The number of sulfone groups is 1. The van der Waals surface area contributed by atoms with Gasteiger partial charge in [0.2, 0.25) is 21.2 Å². The van der Waals surface area contributed by atoms with E-state index < -0.39 is 26.1 Å². The largest absolute Gasteiger partial charge is 0.497 e. The highest BCUT2D eigenvalue weighted by Gasteiger charge is 2.24. The van der Waals surface area contributed by atoms with Crippen molar-refractivity contribution in [2.75, 3.05) is 19.5 Å². The van der Waals surface area contributed by atoms with Crippen LogP contribution < -0.4 is 20.2 Å². The van der Waals surface area contributed by atoms with E-state index in [9.17, 15) is 18.0 Å². The average Bonchev–Trinajstić information content (AvgIpc) is 2.85. The zero-order valence-electron chi connectivity index (χ0n) is 19.4. The summed E-state index contributed by atoms with van der Waals surface area (Å²) in [5.74, 6) is 0.682. The Morgan fingerprint density at radius 1 is 0.943 bits per heavy atom. The Balaban J connectivity index is 1.79. The molecule has 8 nitrogen and oxygen atoms in total. The molecule has 0 unspecified atom stereocenters. The number of carbonyl (C=O) groups excluding carboxylic acids is 1. The number of aryl methyl sites for hydroxylation is 1. The lowest BCUT2D eigenvalue weighted by Gasteiger charge is -2.15. The van der Waals surface area contributed by atoms with E-state index >= 15 is 0 Å². The van der Waals surface area contributed by atoms with Crippen molar-refractivity contribution in [2.45, 2.75) is 23.3 Å². The van der Waals surface area contributed by atoms with Gasteiger partial charge in [-0.05, 0) is 55.5 Å². The number of fused-ring (bicyclic) bond motifs is 1. The van der Waals surface area contributed by atoms with Gasteiger partial charge >= 0.3 is 0 Å². The number of hydrogen-bond donors (Lipinski definition) is 1. The number of nitrogens with one attached hydrogen (secondary N) is 1. The highest BCUT2D eigenvalue weighted by atomic mass is 32.2. The maximum atomic E-state index is 13.4. The summed E-state index contributed by atoms with van der Waals surface area (Å²) in [5, 5.41) is 2.99. The zero-order valence-corrected chi connectivity index (χ0v) is 20.3. The molecule has 0 bridgehead atoms. The van der Waals surface area contributed by atoms with Gasteiger partial charge in [-0.2, -0.15) is 0 Å². The Morgan fingerprint density at radius 2 is 1.66 bits per heavy atom. The lowest BCUT2D eigenvalue weighted by Crippen LogP contribution is -2.24. The molecule has 0 fully saturated rings. The molecule has 0 radical (unpaired) electrons. The van der Waals surface area contributed by atoms with Gasteiger partial charge in [0.15, 0.2) is 0 Å². The molecule has 180 valence electrons. The molecule has 4 aromatic rings. The number of amides is 1. The summed E-state index contributed by atoms with van der Waals surface area (Å²) in [6, 6.07) is 17.8. The Morgan fingerprint density at radius 3 is 2.34 bits per heavy atom. The number of nitrogens with zero attached hydrogens (tertiary/aromatic N) is 1. The number of hydrogen-bond acceptors (Lipinski definition) is 6. The van der Waals surface area contributed by atoms with Crippen LogP contribution in [0.15, 0.2) is 87.5 Å². The molecule has 0 spiro atoms. The molecule has 0 saturated carbocycles. The first kappa shape index (κ1) is 24.0. The Labute approximate surface area is 202 Å². The van der Waals surface area contributed by atoms with Gasteiger partial charge in [0, 0.05) is 23.3 Å². The predicted molar refractivity (Wildman–Crippen MR) is 133 cm³/mol. The molecule has 9 heteroatoms. The van der Waals surface area contributed by atoms with Gasteiger partial charge in [-0.15, -0.1) is 0 Å². The van der Waals surface area contributed by atoms with Crippen LogP contribution in [0.1, 0.15) is 5.56 Å². The molecule has 1 N–H and O–H groups in total. The van der Waals surface area contributed by atoms with Crippen molar-refractivity contribution >= 4 is 32.3 Å². The van der Waals surface area contributed by atoms with E-state index in [2.05, 4.69) is 5.32 Å². The van der Waals surface area contributed by atoms with Crippen molar-refractivity contribution in [1.82, 2.24) is 4.57 Å². The van der Waals surface area contributed by atoms with E-state index in [-0.39, 0.29) is 16.8 Å². The SMILES string of the molecule is COc1ccc(S(=O)(=O)c2cn(CC(=O)Nc3cccc(OC)c3)c3ccc(C)cc3c2=O)cc1. The second-order valence-corrected chi connectivity index (χ2v) is 9.85. The van der Waals surface area contributed by atoms with Crippen molar-refractivity contribution in [3.05, 3.63) is 88.7 Å². The van der Waals surface area contributed by atoms with Gasteiger partial charge in [-0.25, -0.2) is 8.42 Å². The molecule has 4 rings (SSSR count). The summed E-state index contributed by atoms with van der Waals surface area (Å²) in [6.45, 7) is 1.60. The summed E-state index contributed by atoms with van der Waals surface area (Å²) < 4.78 is 38.6. The van der Waals surface area contributed by atoms with Gasteiger partial charge in [0.1, 0.15) is 22.9 Å². The molecule has 1 aromatic heterocycles. The predicted octanol–water partition coefficient (Wildman–Crippen LogP) is 3.80. The number of ether oxygens (including phenoxy) is 2. The van der Waals surface area contributed by atoms with Crippen molar-refractivity contribution < 1.29 is 22.7 Å². The summed E-state index contributed by atoms with van der Waals surface area (Å²) in [4.78, 5) is 25.7. The van der Waals surface area contributed by atoms with Gasteiger partial charge in [0.05, 0.1) is 24.6 Å². The fourth-order valence-corrected chi connectivity index (χ4v) is 5.11. The standard InChI is InChI=1S/C26H24N2O6S/c1-17-7-12-23-22(13-17)26(30)24(35(31,32)21-10-8-19(33-2)9-11-21)15-28(23)16-25(29)27-18-5-4-6-20(14-18)34-3/h4-15H,16H2,1-3H3,(H,27,29). The fraction of sp³-hybridized carbons (Fsp3) is 0.154. The topological polar surface area (TPSA) is 104 Å². The third-order valence-corrected chi connectivity index (χ3v) is 7.29. The number of benzene rings is 3. The van der Waals surface area contributed by atoms with E-state index in [1.807, 2.05) is 6.92 Å². The lowest BCUT2D eigenvalue weighted by molar-refractivity contribution is -0.116. The van der Waals surface area contributed by atoms with E-state index in [1.54, 1.807) is 42.5 Å². The monoisotopic (exact) mass is 492 g/mol. The minimum atomic E-state index is -4.16. The molecular weight excluding hydrogens is 468 g/mol. The zero-order chi connectivity index (χ0) is 25.2. The summed E-state index contributed by atoms with van der Waals surface area (Å²) in [7, 11) is -1.16. The van der Waals surface area contributed by atoms with Crippen LogP contribution in [-0.4, -0.2) is 33.1 Å². The smallest absolute Gasteiger partial charge is 0.244 e. The van der Waals surface area contributed by atoms with Crippen molar-refractivity contribution in [2.24, 2.45) is 0 Å². The van der Waals surface area contributed by atoms with Crippen LogP contribution in [0.4, 0.5) is 5.69 Å². The normalized spacial score (nSPS) is 11.3. The summed E-state index contributed by atoms with van der Waals surface area (Å²) in [5.41, 5.74) is 1.15. The summed E-state index contributed by atoms with van der Waals surface area (Å²) in [6.07, 6.45) is 1.23. The van der Waals surface area contributed by atoms with E-state index in [0.717, 1.165) is 5.56 Å². The Hall–Kier alpha value is -4.11. The molecule has 0 atom stereocenters. The second kappa shape index (κ2) is 9.63. The van der Waals surface area contributed by atoms with Crippen LogP contribution >= 0.6 is 0 Å². The molecule has 1 amide bonds. The first-order valence-corrected chi connectivity index (χ1v) is 12.2. The van der Waals surface area contributed by atoms with Crippen molar-refractivity contribution in [1.29, 1.82) is 0 Å². The number of rotatable bonds is 7. The first-order chi connectivity index (χ1) is 16.7. The quantitative estimate of drug-likeness (QED) is 0.421. The molecule has 0 aliphatic carbocycles. The first-order valence-electron chi connectivity index (χ1n) is 10.7. The Kier molecular flexibility index (Phi) is 6.61. The van der Waals surface area contributed by atoms with E-state index in [4.69, 9.17) is 9.47 Å². The summed E-state index contributed by atoms with van der Waals surface area (Å²) >= 11 is 0. The molecule has 0 aliphatic heterocycles. The molecule has 3 aromatic carbocycles. The number of methoxy groups -OCH3 is 2. The maximum absolute atomic E-state index is 13.4. The van der Waals surface area contributed by atoms with E-state index in [1.165, 1.54) is 49.2 Å². The van der Waals surface area contributed by atoms with Crippen LogP contribution in [0.3, 0.4) is 0 Å². The Bertz CT molecular complexity index is 1570. The van der Waals surface area contributed by atoms with Crippen LogP contribution in [0, 0.1) is 6.92 Å². The number of aromatic nitrogens is 1. The third-order valence-electron chi connectivity index (χ3n) is 5.53. The minimum Gasteiger partial charge on any atom is -0.497 e. The highest BCUT2D eigenvalue weighted by molar-refractivity contribution is 7.91. The number of carbonyl (C=O) groups is 1. The van der Waals surface area contributed by atoms with Gasteiger partial charge in [-0.3, -0.25) is 9.59 Å². The average molecular weight is 493 g/mol. The fourth-order valence-electron chi connectivity index (χ4n) is 3.74. The van der Waals surface area contributed by atoms with Crippen molar-refractivity contribution in [3.63, 3.8) is 0 Å². The highest BCUT2D eigenvalue weighted by Crippen LogP contribution is 2.24. The molecule has 0 aliphatic rings. The van der Waals surface area contributed by atoms with E-state index in [0.29, 0.717) is 22.7 Å². The van der Waals surface area contributed by atoms with Crippen molar-refractivity contribution in [3.8, 4) is 11.5 Å². The number of anilines is 1.